The van der Waals surface area contributed by atoms with Gasteiger partial charge < -0.3 is 10.3 Å². The van der Waals surface area contributed by atoms with Crippen molar-refractivity contribution in [1.82, 2.24) is 9.55 Å². The van der Waals surface area contributed by atoms with Crippen molar-refractivity contribution in [3.63, 3.8) is 0 Å². The zero-order valence-corrected chi connectivity index (χ0v) is 14.3. The number of thiazole rings is 1. The van der Waals surface area contributed by atoms with Crippen LogP contribution < -0.4 is 10.5 Å². The Hall–Kier alpha value is -2.65. The van der Waals surface area contributed by atoms with E-state index in [1.807, 2.05) is 11.4 Å². The van der Waals surface area contributed by atoms with Crippen molar-refractivity contribution in [2.45, 2.75) is 4.90 Å². The number of nitrogens with zero attached hydrogens (tertiary/aromatic N) is 2. The van der Waals surface area contributed by atoms with Crippen LogP contribution in [-0.4, -0.2) is 23.9 Å². The van der Waals surface area contributed by atoms with Gasteiger partial charge in [-0.3, -0.25) is 9.52 Å². The van der Waals surface area contributed by atoms with E-state index in [9.17, 15) is 13.2 Å². The average molecular weight is 362 g/mol. The summed E-state index contributed by atoms with van der Waals surface area (Å²) in [5.74, 6) is -0.690. The molecule has 7 nitrogen and oxygen atoms in total. The van der Waals surface area contributed by atoms with Crippen LogP contribution in [0.2, 0.25) is 0 Å². The molecule has 0 bridgehead atoms. The first-order valence-electron chi connectivity index (χ1n) is 6.86. The highest BCUT2D eigenvalue weighted by Crippen LogP contribution is 2.26. The van der Waals surface area contributed by atoms with Crippen LogP contribution in [0.3, 0.4) is 0 Å². The van der Waals surface area contributed by atoms with Crippen molar-refractivity contribution in [3.05, 3.63) is 53.8 Å². The summed E-state index contributed by atoms with van der Waals surface area (Å²) in [6.07, 6.45) is 3.03. The summed E-state index contributed by atoms with van der Waals surface area (Å²) in [6, 6.07) is 8.19. The highest BCUT2D eigenvalue weighted by molar-refractivity contribution is 7.92. The second-order valence-corrected chi connectivity index (χ2v) is 7.64. The molecule has 3 rings (SSSR count). The standard InChI is InChI=1S/C15H14N4O3S2/c1-19-9-12(8-13(19)14(16)20)24(21,22)18-11-4-2-3-10(7-11)15-17-5-6-23-15/h2-9,18H,1H3,(H2,16,20). The minimum atomic E-state index is -3.83. The van der Waals surface area contributed by atoms with Gasteiger partial charge in [0.15, 0.2) is 0 Å². The summed E-state index contributed by atoms with van der Waals surface area (Å²) in [6.45, 7) is 0. The molecule has 0 radical (unpaired) electrons. The first-order valence-corrected chi connectivity index (χ1v) is 9.22. The SMILES string of the molecule is Cn1cc(S(=O)(=O)Nc2cccc(-c3nccs3)c2)cc1C(N)=O. The van der Waals surface area contributed by atoms with Gasteiger partial charge in [0.25, 0.3) is 15.9 Å². The van der Waals surface area contributed by atoms with E-state index < -0.39 is 15.9 Å². The maximum Gasteiger partial charge on any atom is 0.265 e. The molecule has 2 heterocycles. The molecular weight excluding hydrogens is 348 g/mol. The minimum Gasteiger partial charge on any atom is -0.364 e. The van der Waals surface area contributed by atoms with E-state index >= 15 is 0 Å². The van der Waals surface area contributed by atoms with E-state index in [-0.39, 0.29) is 10.6 Å². The van der Waals surface area contributed by atoms with Gasteiger partial charge in [-0.25, -0.2) is 13.4 Å². The van der Waals surface area contributed by atoms with Crippen LogP contribution >= 0.6 is 11.3 Å². The molecule has 0 aliphatic carbocycles. The Bertz CT molecular complexity index is 992. The summed E-state index contributed by atoms with van der Waals surface area (Å²) < 4.78 is 28.9. The lowest BCUT2D eigenvalue weighted by atomic mass is 10.2. The molecule has 24 heavy (non-hydrogen) atoms. The number of hydrogen-bond donors (Lipinski definition) is 2. The van der Waals surface area contributed by atoms with Crippen molar-refractivity contribution >= 4 is 33.0 Å². The third-order valence-corrected chi connectivity index (χ3v) is 5.51. The van der Waals surface area contributed by atoms with E-state index in [0.29, 0.717) is 5.69 Å². The summed E-state index contributed by atoms with van der Waals surface area (Å²) in [5.41, 5.74) is 6.56. The average Bonchev–Trinajstić information content (AvgIpc) is 3.16. The largest absolute Gasteiger partial charge is 0.364 e. The quantitative estimate of drug-likeness (QED) is 0.724. The first-order chi connectivity index (χ1) is 11.4. The van der Waals surface area contributed by atoms with E-state index in [4.69, 9.17) is 5.73 Å². The molecule has 0 aliphatic rings. The Morgan fingerprint density at radius 1 is 1.33 bits per heavy atom. The summed E-state index contributed by atoms with van der Waals surface area (Å²) in [5, 5.41) is 2.65. The highest BCUT2D eigenvalue weighted by Gasteiger charge is 2.19. The van der Waals surface area contributed by atoms with Gasteiger partial charge in [-0.1, -0.05) is 12.1 Å². The van der Waals surface area contributed by atoms with Crippen LogP contribution in [0.4, 0.5) is 5.69 Å². The number of carbonyl (C=O) groups excluding carboxylic acids is 1. The fourth-order valence-electron chi connectivity index (χ4n) is 2.22. The predicted molar refractivity (Wildman–Crippen MR) is 92.3 cm³/mol. The number of anilines is 1. The fourth-order valence-corrected chi connectivity index (χ4v) is 3.98. The number of sulfonamides is 1. The number of nitrogens with two attached hydrogens (primary N) is 1. The lowest BCUT2D eigenvalue weighted by molar-refractivity contribution is 0.0992. The Balaban J connectivity index is 1.91. The van der Waals surface area contributed by atoms with Crippen LogP contribution in [0.15, 0.2) is 53.0 Å². The van der Waals surface area contributed by atoms with Crippen LogP contribution in [0.5, 0.6) is 0 Å². The van der Waals surface area contributed by atoms with Crippen molar-refractivity contribution in [2.24, 2.45) is 12.8 Å². The molecule has 0 unspecified atom stereocenters. The molecule has 2 aromatic heterocycles. The smallest absolute Gasteiger partial charge is 0.265 e. The molecule has 0 fully saturated rings. The van der Waals surface area contributed by atoms with Crippen molar-refractivity contribution in [1.29, 1.82) is 0 Å². The van der Waals surface area contributed by atoms with E-state index in [0.717, 1.165) is 10.6 Å². The number of primary amides is 1. The van der Waals surface area contributed by atoms with Crippen LogP contribution in [0.1, 0.15) is 10.5 Å². The zero-order chi connectivity index (χ0) is 17.3. The molecule has 0 spiro atoms. The van der Waals surface area contributed by atoms with Crippen molar-refractivity contribution in [3.8, 4) is 10.6 Å². The number of carbonyl (C=O) groups is 1. The van der Waals surface area contributed by atoms with Gasteiger partial charge in [-0.05, 0) is 18.2 Å². The van der Waals surface area contributed by atoms with Gasteiger partial charge in [0.1, 0.15) is 15.6 Å². The van der Waals surface area contributed by atoms with E-state index in [1.54, 1.807) is 31.4 Å². The van der Waals surface area contributed by atoms with E-state index in [1.165, 1.54) is 28.2 Å². The van der Waals surface area contributed by atoms with Gasteiger partial charge in [0.2, 0.25) is 0 Å². The minimum absolute atomic E-state index is 0.0292. The molecule has 1 aromatic carbocycles. The molecule has 1 amide bonds. The third kappa shape index (κ3) is 3.17. The Morgan fingerprint density at radius 3 is 2.75 bits per heavy atom. The summed E-state index contributed by atoms with van der Waals surface area (Å²) in [7, 11) is -2.27. The molecule has 0 saturated carbocycles. The number of rotatable bonds is 5. The van der Waals surface area contributed by atoms with Gasteiger partial charge in [0, 0.05) is 36.1 Å². The molecular formula is C15H14N4O3S2. The van der Waals surface area contributed by atoms with Crippen molar-refractivity contribution < 1.29 is 13.2 Å². The maximum atomic E-state index is 12.5. The maximum absolute atomic E-state index is 12.5. The normalized spacial score (nSPS) is 11.4. The molecule has 0 saturated heterocycles. The molecule has 0 aliphatic heterocycles. The van der Waals surface area contributed by atoms with Gasteiger partial charge in [-0.15, -0.1) is 11.3 Å². The number of hydrogen-bond acceptors (Lipinski definition) is 5. The second kappa shape index (κ2) is 6.10. The van der Waals surface area contributed by atoms with Gasteiger partial charge in [0.05, 0.1) is 0 Å². The molecule has 9 heteroatoms. The highest BCUT2D eigenvalue weighted by atomic mass is 32.2. The van der Waals surface area contributed by atoms with Crippen LogP contribution in [-0.2, 0) is 17.1 Å². The lowest BCUT2D eigenvalue weighted by Crippen LogP contribution is -2.14. The topological polar surface area (TPSA) is 107 Å². The Morgan fingerprint density at radius 2 is 2.12 bits per heavy atom. The zero-order valence-electron chi connectivity index (χ0n) is 12.6. The number of benzene rings is 1. The summed E-state index contributed by atoms with van der Waals surface area (Å²) >= 11 is 1.46. The molecule has 3 aromatic rings. The van der Waals surface area contributed by atoms with Crippen LogP contribution in [0.25, 0.3) is 10.6 Å². The number of aryl methyl sites for hydroxylation is 1. The fraction of sp³-hybridized carbons (Fsp3) is 0.0667. The Kier molecular flexibility index (Phi) is 4.12. The first kappa shape index (κ1) is 16.2. The van der Waals surface area contributed by atoms with E-state index in [2.05, 4.69) is 9.71 Å². The monoisotopic (exact) mass is 362 g/mol. The number of amides is 1. The third-order valence-electron chi connectivity index (χ3n) is 3.34. The van der Waals surface area contributed by atoms with Crippen LogP contribution in [0, 0.1) is 0 Å². The number of nitrogens with one attached hydrogen (secondary N) is 1. The molecule has 3 N–H and O–H groups in total. The summed E-state index contributed by atoms with van der Waals surface area (Å²) in [4.78, 5) is 15.5. The number of aromatic nitrogens is 2. The van der Waals surface area contributed by atoms with Gasteiger partial charge >= 0.3 is 0 Å². The lowest BCUT2D eigenvalue weighted by Gasteiger charge is -2.07. The molecule has 124 valence electrons. The second-order valence-electron chi connectivity index (χ2n) is 5.06. The Labute approximate surface area is 142 Å². The van der Waals surface area contributed by atoms with Gasteiger partial charge in [-0.2, -0.15) is 0 Å². The molecule has 0 atom stereocenters. The predicted octanol–water partition coefficient (Wildman–Crippen LogP) is 2.05. The van der Waals surface area contributed by atoms with Crippen molar-refractivity contribution in [2.75, 3.05) is 4.72 Å².